The molecule has 164 valence electrons. The molecule has 7 nitrogen and oxygen atoms in total. The van der Waals surface area contributed by atoms with Gasteiger partial charge in [0.2, 0.25) is 5.91 Å². The topological polar surface area (TPSA) is 79.0 Å². The highest BCUT2D eigenvalue weighted by Crippen LogP contribution is 2.25. The summed E-state index contributed by atoms with van der Waals surface area (Å²) in [6.07, 6.45) is 1.04. The molecule has 0 unspecified atom stereocenters. The number of nitrogens with zero attached hydrogens (tertiary/aromatic N) is 2. The number of carbonyl (C=O) groups is 3. The van der Waals surface area contributed by atoms with Crippen molar-refractivity contribution >= 4 is 23.5 Å². The first kappa shape index (κ1) is 22.3. The third-order valence-corrected chi connectivity index (χ3v) is 5.53. The van der Waals surface area contributed by atoms with Crippen molar-refractivity contribution in [2.24, 2.45) is 0 Å². The minimum Gasteiger partial charge on any atom is -0.497 e. The van der Waals surface area contributed by atoms with E-state index in [0.29, 0.717) is 12.8 Å². The van der Waals surface area contributed by atoms with Crippen LogP contribution in [0.5, 0.6) is 5.75 Å². The van der Waals surface area contributed by atoms with Gasteiger partial charge in [0.05, 0.1) is 7.11 Å². The Morgan fingerprint density at radius 2 is 1.74 bits per heavy atom. The second-order valence-electron chi connectivity index (χ2n) is 8.19. The summed E-state index contributed by atoms with van der Waals surface area (Å²) in [6.45, 7) is 5.21. The van der Waals surface area contributed by atoms with Crippen LogP contribution in [0.3, 0.4) is 0 Å². The minimum atomic E-state index is -1.05. The molecule has 0 spiro atoms. The standard InChI is InChI=1S/C24H29N3O4/c1-17(2)27(19-8-6-5-7-9-19)21(28)16-26-22(29)24(3,25-23(26)30)15-14-18-10-12-20(31-4)13-11-18/h5-13,17H,14-16H2,1-4H3,(H,25,30)/t24-/m0/s1. The van der Waals surface area contributed by atoms with Crippen molar-refractivity contribution in [3.63, 3.8) is 0 Å². The molecular weight excluding hydrogens is 394 g/mol. The first-order valence-corrected chi connectivity index (χ1v) is 10.4. The Bertz CT molecular complexity index is 943. The number of imide groups is 1. The van der Waals surface area contributed by atoms with Crippen molar-refractivity contribution in [1.82, 2.24) is 10.2 Å². The van der Waals surface area contributed by atoms with Gasteiger partial charge in [0.25, 0.3) is 5.91 Å². The van der Waals surface area contributed by atoms with Crippen LogP contribution in [-0.2, 0) is 16.0 Å². The molecule has 0 aromatic heterocycles. The van der Waals surface area contributed by atoms with Crippen LogP contribution in [0.25, 0.3) is 0 Å². The highest BCUT2D eigenvalue weighted by atomic mass is 16.5. The number of amides is 4. The Kier molecular flexibility index (Phi) is 6.63. The lowest BCUT2D eigenvalue weighted by Crippen LogP contribution is -2.47. The maximum atomic E-state index is 13.1. The van der Waals surface area contributed by atoms with Gasteiger partial charge in [0, 0.05) is 11.7 Å². The summed E-state index contributed by atoms with van der Waals surface area (Å²) in [5.41, 5.74) is 0.720. The van der Waals surface area contributed by atoms with E-state index >= 15 is 0 Å². The fraction of sp³-hybridized carbons (Fsp3) is 0.375. The largest absolute Gasteiger partial charge is 0.497 e. The normalized spacial score (nSPS) is 18.3. The van der Waals surface area contributed by atoms with E-state index in [1.807, 2.05) is 68.4 Å². The molecule has 1 aliphatic rings. The second kappa shape index (κ2) is 9.20. The minimum absolute atomic E-state index is 0.114. The van der Waals surface area contributed by atoms with E-state index in [1.54, 1.807) is 18.9 Å². The summed E-state index contributed by atoms with van der Waals surface area (Å²) >= 11 is 0. The number of ether oxygens (including phenoxy) is 1. The van der Waals surface area contributed by atoms with Crippen LogP contribution in [0.2, 0.25) is 0 Å². The zero-order valence-electron chi connectivity index (χ0n) is 18.4. The van der Waals surface area contributed by atoms with Crippen molar-refractivity contribution in [3.05, 3.63) is 60.2 Å². The number of carbonyl (C=O) groups excluding carboxylic acids is 3. The van der Waals surface area contributed by atoms with Crippen LogP contribution in [0, 0.1) is 0 Å². The molecule has 4 amide bonds. The molecule has 1 atom stereocenters. The average Bonchev–Trinajstić information content (AvgIpc) is 2.96. The molecule has 0 radical (unpaired) electrons. The predicted octanol–water partition coefficient (Wildman–Crippen LogP) is 3.38. The van der Waals surface area contributed by atoms with Gasteiger partial charge < -0.3 is 15.0 Å². The Labute approximate surface area is 183 Å². The van der Waals surface area contributed by atoms with Crippen molar-refractivity contribution in [2.45, 2.75) is 45.2 Å². The Balaban J connectivity index is 1.69. The molecule has 1 saturated heterocycles. The molecular formula is C24H29N3O4. The summed E-state index contributed by atoms with van der Waals surface area (Å²) in [5, 5.41) is 2.78. The van der Waals surface area contributed by atoms with E-state index in [-0.39, 0.29) is 24.4 Å². The highest BCUT2D eigenvalue weighted by molar-refractivity contribution is 6.10. The van der Waals surface area contributed by atoms with Gasteiger partial charge in [-0.15, -0.1) is 0 Å². The number of rotatable bonds is 8. The SMILES string of the molecule is COc1ccc(CC[C@]2(C)NC(=O)N(CC(=O)N(c3ccccc3)C(C)C)C2=O)cc1. The number of methoxy groups -OCH3 is 1. The molecule has 2 aromatic rings. The lowest BCUT2D eigenvalue weighted by atomic mass is 9.93. The predicted molar refractivity (Wildman–Crippen MR) is 119 cm³/mol. The van der Waals surface area contributed by atoms with E-state index in [1.165, 1.54) is 0 Å². The lowest BCUT2D eigenvalue weighted by Gasteiger charge is -2.28. The third-order valence-electron chi connectivity index (χ3n) is 5.53. The van der Waals surface area contributed by atoms with Gasteiger partial charge in [-0.1, -0.05) is 30.3 Å². The molecule has 7 heteroatoms. The summed E-state index contributed by atoms with van der Waals surface area (Å²) in [7, 11) is 1.61. The number of aryl methyl sites for hydroxylation is 1. The first-order chi connectivity index (χ1) is 14.7. The van der Waals surface area contributed by atoms with Gasteiger partial charge in [-0.05, 0) is 63.4 Å². The van der Waals surface area contributed by atoms with Gasteiger partial charge >= 0.3 is 6.03 Å². The monoisotopic (exact) mass is 423 g/mol. The first-order valence-electron chi connectivity index (χ1n) is 10.4. The second-order valence-corrected chi connectivity index (χ2v) is 8.19. The Hall–Kier alpha value is -3.35. The van der Waals surface area contributed by atoms with E-state index in [4.69, 9.17) is 4.74 Å². The van der Waals surface area contributed by atoms with Crippen LogP contribution < -0.4 is 15.0 Å². The van der Waals surface area contributed by atoms with Gasteiger partial charge in [0.15, 0.2) is 0 Å². The Morgan fingerprint density at radius 3 is 2.32 bits per heavy atom. The molecule has 3 rings (SSSR count). The van der Waals surface area contributed by atoms with E-state index in [0.717, 1.165) is 21.9 Å². The van der Waals surface area contributed by atoms with Crippen LogP contribution in [0.15, 0.2) is 54.6 Å². The third kappa shape index (κ3) is 4.87. The van der Waals surface area contributed by atoms with Crippen molar-refractivity contribution in [3.8, 4) is 5.75 Å². The molecule has 31 heavy (non-hydrogen) atoms. The number of urea groups is 1. The molecule has 1 N–H and O–H groups in total. The smallest absolute Gasteiger partial charge is 0.325 e. The van der Waals surface area contributed by atoms with Crippen LogP contribution in [0.4, 0.5) is 10.5 Å². The lowest BCUT2D eigenvalue weighted by molar-refractivity contribution is -0.134. The molecule has 2 aromatic carbocycles. The zero-order valence-corrected chi connectivity index (χ0v) is 18.4. The van der Waals surface area contributed by atoms with Crippen molar-refractivity contribution < 1.29 is 19.1 Å². The van der Waals surface area contributed by atoms with Gasteiger partial charge in [-0.3, -0.25) is 14.5 Å². The fourth-order valence-electron chi connectivity index (χ4n) is 3.78. The van der Waals surface area contributed by atoms with Gasteiger partial charge in [-0.25, -0.2) is 4.79 Å². The Morgan fingerprint density at radius 1 is 1.10 bits per heavy atom. The summed E-state index contributed by atoms with van der Waals surface area (Å²) in [6, 6.07) is 16.2. The zero-order chi connectivity index (χ0) is 22.6. The number of benzene rings is 2. The number of hydrogen-bond donors (Lipinski definition) is 1. The summed E-state index contributed by atoms with van der Waals surface area (Å²) < 4.78 is 5.16. The summed E-state index contributed by atoms with van der Waals surface area (Å²) in [4.78, 5) is 41.3. The molecule has 0 bridgehead atoms. The van der Waals surface area contributed by atoms with E-state index in [2.05, 4.69) is 5.32 Å². The van der Waals surface area contributed by atoms with Crippen molar-refractivity contribution in [1.29, 1.82) is 0 Å². The van der Waals surface area contributed by atoms with Gasteiger partial charge in [-0.2, -0.15) is 0 Å². The molecule has 1 aliphatic heterocycles. The number of anilines is 1. The average molecular weight is 424 g/mol. The number of nitrogens with one attached hydrogen (secondary N) is 1. The molecule has 1 fully saturated rings. The molecule has 1 heterocycles. The maximum absolute atomic E-state index is 13.1. The molecule has 0 aliphatic carbocycles. The maximum Gasteiger partial charge on any atom is 0.325 e. The fourth-order valence-corrected chi connectivity index (χ4v) is 3.78. The van der Waals surface area contributed by atoms with Gasteiger partial charge in [0.1, 0.15) is 17.8 Å². The van der Waals surface area contributed by atoms with E-state index < -0.39 is 11.6 Å². The van der Waals surface area contributed by atoms with E-state index in [9.17, 15) is 14.4 Å². The highest BCUT2D eigenvalue weighted by Gasteiger charge is 2.48. The van der Waals surface area contributed by atoms with Crippen LogP contribution in [-0.4, -0.2) is 48.0 Å². The number of hydrogen-bond acceptors (Lipinski definition) is 4. The molecule has 0 saturated carbocycles. The van der Waals surface area contributed by atoms with Crippen LogP contribution >= 0.6 is 0 Å². The van der Waals surface area contributed by atoms with Crippen LogP contribution in [0.1, 0.15) is 32.8 Å². The summed E-state index contributed by atoms with van der Waals surface area (Å²) in [5.74, 6) is 0.0817. The number of para-hydroxylation sites is 1. The quantitative estimate of drug-likeness (QED) is 0.660. The van der Waals surface area contributed by atoms with Crippen molar-refractivity contribution in [2.75, 3.05) is 18.6 Å².